The lowest BCUT2D eigenvalue weighted by Gasteiger charge is -2.29. The van der Waals surface area contributed by atoms with Gasteiger partial charge in [-0.15, -0.1) is 0 Å². The number of fused-ring (bicyclic) bond motifs is 5. The monoisotopic (exact) mass is 481 g/mol. The van der Waals surface area contributed by atoms with Gasteiger partial charge in [-0.25, -0.2) is 4.90 Å². The molecular weight excluding hydrogens is 438 g/mol. The number of unbranched alkanes of at least 4 members (excludes halogenated alkanes) is 10. The van der Waals surface area contributed by atoms with Gasteiger partial charge in [0.1, 0.15) is 5.75 Å². The highest BCUT2D eigenvalue weighted by atomic mass is 16.5. The smallest absolute Gasteiger partial charge is 0.241 e. The minimum absolute atomic E-state index is 0.120. The molecule has 0 saturated carbocycles. The lowest BCUT2D eigenvalue weighted by molar-refractivity contribution is -0.126. The third kappa shape index (κ3) is 5.66. The van der Waals surface area contributed by atoms with Crippen LogP contribution in [-0.4, -0.2) is 30.1 Å². The Morgan fingerprint density at radius 2 is 1.57 bits per heavy atom. The maximum Gasteiger partial charge on any atom is 0.241 e. The van der Waals surface area contributed by atoms with Crippen molar-refractivity contribution in [3.05, 3.63) is 36.4 Å². The van der Waals surface area contributed by atoms with Gasteiger partial charge >= 0.3 is 0 Å². The molecule has 2 amide bonds. The van der Waals surface area contributed by atoms with Gasteiger partial charge in [0.25, 0.3) is 0 Å². The van der Waals surface area contributed by atoms with Crippen molar-refractivity contribution in [3.63, 3.8) is 0 Å². The van der Waals surface area contributed by atoms with Gasteiger partial charge in [-0.2, -0.15) is 0 Å². The van der Waals surface area contributed by atoms with Crippen molar-refractivity contribution in [1.29, 1.82) is 0 Å². The number of amides is 2. The molecule has 0 aromatic heterocycles. The second-order valence-electron chi connectivity index (χ2n) is 10.5. The third-order valence-corrected chi connectivity index (χ3v) is 7.92. The summed E-state index contributed by atoms with van der Waals surface area (Å²) in [4.78, 5) is 28.4. The molecule has 3 aliphatic rings. The molecule has 2 saturated heterocycles. The van der Waals surface area contributed by atoms with E-state index in [1.54, 1.807) is 0 Å². The molecule has 35 heavy (non-hydrogen) atoms. The van der Waals surface area contributed by atoms with Crippen molar-refractivity contribution in [3.8, 4) is 5.75 Å². The van der Waals surface area contributed by atoms with Crippen LogP contribution < -0.4 is 9.64 Å². The van der Waals surface area contributed by atoms with Crippen LogP contribution in [-0.2, 0) is 14.3 Å². The highest BCUT2D eigenvalue weighted by Gasteiger charge is 2.67. The summed E-state index contributed by atoms with van der Waals surface area (Å²) < 4.78 is 12.3. The number of ether oxygens (including phenoxy) is 2. The molecule has 0 radical (unpaired) electrons. The highest BCUT2D eigenvalue weighted by molar-refractivity contribution is 6.23. The van der Waals surface area contributed by atoms with Crippen molar-refractivity contribution >= 4 is 17.5 Å². The van der Waals surface area contributed by atoms with Crippen molar-refractivity contribution < 1.29 is 19.1 Å². The number of hydrogen-bond acceptors (Lipinski definition) is 4. The maximum atomic E-state index is 13.6. The van der Waals surface area contributed by atoms with Gasteiger partial charge in [-0.05, 0) is 25.0 Å². The molecule has 0 N–H and O–H groups in total. The summed E-state index contributed by atoms with van der Waals surface area (Å²) >= 11 is 0. The third-order valence-electron chi connectivity index (χ3n) is 7.92. The first-order valence-electron chi connectivity index (χ1n) is 14.1. The minimum Gasteiger partial charge on any atom is -0.494 e. The highest BCUT2D eigenvalue weighted by Crippen LogP contribution is 2.54. The zero-order valence-corrected chi connectivity index (χ0v) is 21.7. The Morgan fingerprint density at radius 3 is 2.31 bits per heavy atom. The summed E-state index contributed by atoms with van der Waals surface area (Å²) in [5.74, 6) is -0.348. The lowest BCUT2D eigenvalue weighted by Crippen LogP contribution is -2.40. The molecule has 0 aliphatic carbocycles. The molecule has 4 atom stereocenters. The second-order valence-corrected chi connectivity index (χ2v) is 10.5. The maximum absolute atomic E-state index is 13.6. The van der Waals surface area contributed by atoms with E-state index in [1.807, 2.05) is 30.3 Å². The van der Waals surface area contributed by atoms with Crippen LogP contribution in [0.15, 0.2) is 36.4 Å². The van der Waals surface area contributed by atoms with Crippen LogP contribution in [0, 0.1) is 11.8 Å². The van der Waals surface area contributed by atoms with Gasteiger partial charge in [0.2, 0.25) is 11.8 Å². The van der Waals surface area contributed by atoms with Crippen LogP contribution in [0.2, 0.25) is 0 Å². The van der Waals surface area contributed by atoms with E-state index in [0.29, 0.717) is 18.0 Å². The fraction of sp³-hybridized carbons (Fsp3) is 0.667. The first-order valence-corrected chi connectivity index (χ1v) is 14.1. The number of rotatable bonds is 16. The molecule has 2 bridgehead atoms. The largest absolute Gasteiger partial charge is 0.494 e. The fourth-order valence-electron chi connectivity index (χ4n) is 6.01. The predicted molar refractivity (Wildman–Crippen MR) is 140 cm³/mol. The Labute approximate surface area is 211 Å². The quantitative estimate of drug-likeness (QED) is 0.145. The van der Waals surface area contributed by atoms with Gasteiger partial charge in [0.15, 0.2) is 0 Å². The molecule has 5 heteroatoms. The van der Waals surface area contributed by atoms with E-state index in [0.717, 1.165) is 25.7 Å². The average molecular weight is 482 g/mol. The number of benzene rings is 1. The molecule has 192 valence electrons. The number of carbonyl (C=O) groups excluding carboxylic acids is 2. The van der Waals surface area contributed by atoms with Gasteiger partial charge < -0.3 is 9.47 Å². The number of imide groups is 1. The average Bonchev–Trinajstić information content (AvgIpc) is 3.51. The van der Waals surface area contributed by atoms with E-state index >= 15 is 0 Å². The molecule has 0 spiro atoms. The van der Waals surface area contributed by atoms with Gasteiger partial charge in [-0.3, -0.25) is 9.59 Å². The Morgan fingerprint density at radius 1 is 0.886 bits per heavy atom. The number of hydrogen-bond donors (Lipinski definition) is 0. The van der Waals surface area contributed by atoms with Crippen LogP contribution in [0.1, 0.15) is 97.3 Å². The van der Waals surface area contributed by atoms with Crippen LogP contribution >= 0.6 is 0 Å². The summed E-state index contributed by atoms with van der Waals surface area (Å²) in [6.45, 7) is 5.10. The first-order chi connectivity index (χ1) is 17.1. The van der Waals surface area contributed by atoms with E-state index < -0.39 is 17.4 Å². The van der Waals surface area contributed by atoms with Crippen LogP contribution in [0.25, 0.3) is 0 Å². The summed E-state index contributed by atoms with van der Waals surface area (Å²) in [6.07, 6.45) is 19.0. The van der Waals surface area contributed by atoms with Gasteiger partial charge in [-0.1, -0.05) is 103 Å². The normalized spacial score (nSPS) is 26.7. The van der Waals surface area contributed by atoms with E-state index in [4.69, 9.17) is 9.47 Å². The van der Waals surface area contributed by atoms with E-state index in [1.165, 1.54) is 62.7 Å². The zero-order valence-electron chi connectivity index (χ0n) is 21.7. The van der Waals surface area contributed by atoms with Crippen molar-refractivity contribution in [2.75, 3.05) is 11.5 Å². The number of nitrogens with zero attached hydrogens (tertiary/aromatic N) is 1. The molecule has 5 nitrogen and oxygen atoms in total. The van der Waals surface area contributed by atoms with Gasteiger partial charge in [0, 0.05) is 6.07 Å². The van der Waals surface area contributed by atoms with Crippen molar-refractivity contribution in [2.24, 2.45) is 11.8 Å². The number of anilines is 1. The molecule has 4 rings (SSSR count). The van der Waals surface area contributed by atoms with Crippen molar-refractivity contribution in [1.82, 2.24) is 0 Å². The van der Waals surface area contributed by atoms with E-state index in [2.05, 4.69) is 19.9 Å². The standard InChI is InChI=1S/C30H43NO4/c1-3-5-7-9-11-13-19-30-20-18-25(35-30)26-27(30)29(33)31(28(26)32)23-16-15-17-24(22-23)34-21-14-12-10-8-6-4-2/h15-18,20,22,25-27H,3-14,19,21H2,1-2H3/t25-,26-,27+,30+/m0/s1. The molecule has 1 aromatic carbocycles. The number of carbonyl (C=O) groups is 2. The Balaban J connectivity index is 1.35. The van der Waals surface area contributed by atoms with E-state index in [9.17, 15) is 9.59 Å². The summed E-state index contributed by atoms with van der Waals surface area (Å²) in [5, 5.41) is 0. The van der Waals surface area contributed by atoms with Gasteiger partial charge in [0.05, 0.1) is 35.8 Å². The van der Waals surface area contributed by atoms with Crippen LogP contribution in [0.4, 0.5) is 5.69 Å². The summed E-state index contributed by atoms with van der Waals surface area (Å²) in [6, 6.07) is 7.45. The SMILES string of the molecule is CCCCCCCCOc1cccc(N2C(=O)[C@H]3[C@@H]4C=C[C@@](CCCCCCCC)(O4)[C@H]3C2=O)c1. The molecule has 0 unspecified atom stereocenters. The predicted octanol–water partition coefficient (Wildman–Crippen LogP) is 6.99. The first kappa shape index (κ1) is 25.9. The summed E-state index contributed by atoms with van der Waals surface area (Å²) in [5.41, 5.74) is -0.00281. The molecule has 3 heterocycles. The van der Waals surface area contributed by atoms with Crippen molar-refractivity contribution in [2.45, 2.75) is 109 Å². The van der Waals surface area contributed by atoms with Crippen LogP contribution in [0.5, 0.6) is 5.75 Å². The molecule has 3 aliphatic heterocycles. The second kappa shape index (κ2) is 12.2. The molecular formula is C30H43NO4. The Bertz CT molecular complexity index is 896. The van der Waals surface area contributed by atoms with E-state index in [-0.39, 0.29) is 17.9 Å². The molecule has 2 fully saturated rings. The lowest BCUT2D eigenvalue weighted by atomic mass is 9.74. The Hall–Kier alpha value is -2.14. The minimum atomic E-state index is -0.618. The Kier molecular flexibility index (Phi) is 9.04. The topological polar surface area (TPSA) is 55.8 Å². The fourth-order valence-corrected chi connectivity index (χ4v) is 6.01. The molecule has 1 aromatic rings. The summed E-state index contributed by atoms with van der Waals surface area (Å²) in [7, 11) is 0. The van der Waals surface area contributed by atoms with Crippen LogP contribution in [0.3, 0.4) is 0 Å². The zero-order chi connectivity index (χ0) is 24.7.